The molecule has 6 N–H and O–H groups in total. The van der Waals surface area contributed by atoms with E-state index < -0.39 is 17.6 Å². The van der Waals surface area contributed by atoms with Crippen LogP contribution in [0.15, 0.2) is 152 Å². The second-order valence-corrected chi connectivity index (χ2v) is 16.7. The van der Waals surface area contributed by atoms with Crippen molar-refractivity contribution in [2.45, 2.75) is 43.2 Å². The summed E-state index contributed by atoms with van der Waals surface area (Å²) in [5, 5.41) is 19.2. The zero-order valence-electron chi connectivity index (χ0n) is 35.8. The Hall–Kier alpha value is -6.31. The van der Waals surface area contributed by atoms with Crippen molar-refractivity contribution in [2.75, 3.05) is 55.2 Å². The van der Waals surface area contributed by atoms with Gasteiger partial charge in [-0.15, -0.1) is 0 Å². The van der Waals surface area contributed by atoms with Crippen molar-refractivity contribution in [3.8, 4) is 0 Å². The number of alkyl halides is 3. The molecule has 0 bridgehead atoms. The molecule has 6 aromatic rings. The van der Waals surface area contributed by atoms with Crippen LogP contribution in [0.25, 0.3) is 0 Å². The van der Waals surface area contributed by atoms with Gasteiger partial charge in [0, 0.05) is 58.4 Å². The van der Waals surface area contributed by atoms with E-state index >= 15 is 0 Å². The summed E-state index contributed by atoms with van der Waals surface area (Å²) < 4.78 is 37.6. The molecule has 0 spiro atoms. The van der Waals surface area contributed by atoms with Crippen LogP contribution >= 0.6 is 11.6 Å². The van der Waals surface area contributed by atoms with E-state index in [0.717, 1.165) is 69.2 Å². The van der Waals surface area contributed by atoms with Crippen molar-refractivity contribution in [3.63, 3.8) is 0 Å². The highest BCUT2D eigenvalue weighted by atomic mass is 35.5. The fourth-order valence-corrected chi connectivity index (χ4v) is 8.07. The summed E-state index contributed by atoms with van der Waals surface area (Å²) in [6, 6.07) is 44.2. The molecule has 3 fully saturated rings. The zero-order chi connectivity index (χ0) is 45.6. The van der Waals surface area contributed by atoms with Gasteiger partial charge in [0.2, 0.25) is 0 Å². The molecule has 0 aliphatic carbocycles. The first-order chi connectivity index (χ1) is 31.5. The number of rotatable bonds is 9. The number of amides is 3. The number of hydrogen-bond donors (Lipinski definition) is 6. The third kappa shape index (κ3) is 13.6. The van der Waals surface area contributed by atoms with Crippen molar-refractivity contribution in [2.24, 2.45) is 0 Å². The number of hydrogen-bond acceptors (Lipinski definition) is 6. The molecule has 0 aromatic heterocycles. The van der Waals surface area contributed by atoms with Gasteiger partial charge in [0.1, 0.15) is 0 Å². The molecule has 65 heavy (non-hydrogen) atoms. The Morgan fingerprint density at radius 2 is 0.769 bits per heavy atom. The summed E-state index contributed by atoms with van der Waals surface area (Å²) in [5.41, 5.74) is 6.85. The van der Waals surface area contributed by atoms with Crippen molar-refractivity contribution < 1.29 is 27.6 Å². The molecule has 0 radical (unpaired) electrons. The molecule has 0 saturated carbocycles. The molecular weight excluding hydrogens is 849 g/mol. The number of anilines is 3. The standard InChI is InChI=1S/C18H17F3N2O.C17H17ClN2O.C17H18N2O/c19-18(20,21)15-5-1-13(2-6-15)17(24)23-16-7-3-12(4-8-16)14-9-10-22-11-14;18-15-5-1-13(2-6-15)17(21)20-16-7-3-12(4-8-16)14-9-10-19-11-14;20-17(14-4-2-1-3-5-14)19-16-8-6-13(7-9-16)15-10-11-18-12-15/h1-8,14,22H,9-11H2,(H,23,24);1-8,14,19H,9-11H2,(H,20,21);1-9,15,18H,10-12H2,(H,19,20). The first kappa shape index (κ1) is 46.7. The number of carbonyl (C=O) groups is 3. The van der Waals surface area contributed by atoms with Gasteiger partial charge < -0.3 is 31.9 Å². The van der Waals surface area contributed by atoms with E-state index in [2.05, 4.69) is 56.2 Å². The normalized spacial score (nSPS) is 17.8. The van der Waals surface area contributed by atoms with Crippen LogP contribution in [0, 0.1) is 0 Å². The van der Waals surface area contributed by atoms with Gasteiger partial charge in [-0.2, -0.15) is 13.2 Å². The Morgan fingerprint density at radius 3 is 1.08 bits per heavy atom. The van der Waals surface area contributed by atoms with E-state index in [9.17, 15) is 27.6 Å². The van der Waals surface area contributed by atoms with Crippen LogP contribution in [0.3, 0.4) is 0 Å². The Balaban J connectivity index is 0.000000146. The summed E-state index contributed by atoms with van der Waals surface area (Å²) in [6.45, 7) is 6.23. The summed E-state index contributed by atoms with van der Waals surface area (Å²) in [6.07, 6.45) is -0.941. The van der Waals surface area contributed by atoms with Crippen molar-refractivity contribution in [3.05, 3.63) is 196 Å². The monoisotopic (exact) mass is 900 g/mol. The first-order valence-corrected chi connectivity index (χ1v) is 22.2. The summed E-state index contributed by atoms with van der Waals surface area (Å²) in [7, 11) is 0. The minimum absolute atomic E-state index is 0.0686. The van der Waals surface area contributed by atoms with Crippen LogP contribution in [0.4, 0.5) is 30.2 Å². The van der Waals surface area contributed by atoms with Gasteiger partial charge in [-0.1, -0.05) is 66.2 Å². The molecule has 336 valence electrons. The highest BCUT2D eigenvalue weighted by Gasteiger charge is 2.30. The third-order valence-corrected chi connectivity index (χ3v) is 12.0. The van der Waals surface area contributed by atoms with Gasteiger partial charge in [0.15, 0.2) is 0 Å². The molecule has 3 saturated heterocycles. The van der Waals surface area contributed by atoms with E-state index in [1.54, 1.807) is 24.3 Å². The van der Waals surface area contributed by atoms with Crippen LogP contribution in [-0.4, -0.2) is 57.0 Å². The zero-order valence-corrected chi connectivity index (χ0v) is 36.5. The minimum Gasteiger partial charge on any atom is -0.322 e. The van der Waals surface area contributed by atoms with E-state index in [0.29, 0.717) is 39.6 Å². The first-order valence-electron chi connectivity index (χ1n) is 21.8. The molecule has 3 amide bonds. The Morgan fingerprint density at radius 1 is 0.446 bits per heavy atom. The Labute approximate surface area is 382 Å². The highest BCUT2D eigenvalue weighted by Crippen LogP contribution is 2.30. The van der Waals surface area contributed by atoms with Gasteiger partial charge in [0.25, 0.3) is 17.7 Å². The average molecular weight is 901 g/mol. The summed E-state index contributed by atoms with van der Waals surface area (Å²) >= 11 is 5.82. The van der Waals surface area contributed by atoms with Crippen molar-refractivity contribution in [1.29, 1.82) is 0 Å². The van der Waals surface area contributed by atoms with Gasteiger partial charge in [-0.3, -0.25) is 14.4 Å². The van der Waals surface area contributed by atoms with Crippen LogP contribution in [0.5, 0.6) is 0 Å². The highest BCUT2D eigenvalue weighted by molar-refractivity contribution is 6.30. The maximum Gasteiger partial charge on any atom is 0.416 e. The molecule has 3 aliphatic heterocycles. The molecule has 3 atom stereocenters. The lowest BCUT2D eigenvalue weighted by atomic mass is 9.98. The molecule has 3 aliphatic rings. The quantitative estimate of drug-likeness (QED) is 0.0859. The fraction of sp³-hybridized carbons (Fsp3) is 0.250. The predicted molar refractivity (Wildman–Crippen MR) is 253 cm³/mol. The van der Waals surface area contributed by atoms with Gasteiger partial charge >= 0.3 is 6.18 Å². The second-order valence-electron chi connectivity index (χ2n) is 16.2. The fourth-order valence-electron chi connectivity index (χ4n) is 7.94. The van der Waals surface area contributed by atoms with Crippen molar-refractivity contribution in [1.82, 2.24) is 16.0 Å². The minimum atomic E-state index is -4.40. The van der Waals surface area contributed by atoms with E-state index in [1.807, 2.05) is 78.9 Å². The molecular formula is C52H52ClF3N6O3. The lowest BCUT2D eigenvalue weighted by Crippen LogP contribution is -2.13. The second kappa shape index (κ2) is 22.5. The van der Waals surface area contributed by atoms with Crippen LogP contribution in [-0.2, 0) is 6.18 Å². The summed E-state index contributed by atoms with van der Waals surface area (Å²) in [4.78, 5) is 36.3. The van der Waals surface area contributed by atoms with Crippen LogP contribution < -0.4 is 31.9 Å². The maximum atomic E-state index is 12.5. The molecule has 9 nitrogen and oxygen atoms in total. The van der Waals surface area contributed by atoms with Gasteiger partial charge in [0.05, 0.1) is 5.56 Å². The third-order valence-electron chi connectivity index (χ3n) is 11.7. The van der Waals surface area contributed by atoms with Gasteiger partial charge in [-0.25, -0.2) is 0 Å². The largest absolute Gasteiger partial charge is 0.416 e. The lowest BCUT2D eigenvalue weighted by molar-refractivity contribution is -0.137. The molecule has 13 heteroatoms. The van der Waals surface area contributed by atoms with E-state index in [1.165, 1.54) is 41.7 Å². The van der Waals surface area contributed by atoms with Crippen LogP contribution in [0.2, 0.25) is 5.02 Å². The van der Waals surface area contributed by atoms with E-state index in [-0.39, 0.29) is 17.4 Å². The molecule has 3 heterocycles. The maximum absolute atomic E-state index is 12.5. The number of benzene rings is 6. The average Bonchev–Trinajstić information content (AvgIpc) is 4.17. The Bertz CT molecular complexity index is 2450. The van der Waals surface area contributed by atoms with Crippen LogP contribution in [0.1, 0.15) is 90.3 Å². The topological polar surface area (TPSA) is 123 Å². The number of halogens is 4. The smallest absolute Gasteiger partial charge is 0.322 e. The predicted octanol–water partition coefficient (Wildman–Crippen LogP) is 10.7. The van der Waals surface area contributed by atoms with Crippen molar-refractivity contribution >= 4 is 46.4 Å². The number of carbonyl (C=O) groups excluding carboxylic acids is 3. The van der Waals surface area contributed by atoms with E-state index in [4.69, 9.17) is 11.6 Å². The Kier molecular flexibility index (Phi) is 16.2. The van der Waals surface area contributed by atoms with Gasteiger partial charge in [-0.05, 0) is 170 Å². The summed E-state index contributed by atoms with van der Waals surface area (Å²) in [5.74, 6) is 1.06. The molecule has 6 aromatic carbocycles. The molecule has 9 rings (SSSR count). The molecule has 3 unspecified atom stereocenters. The lowest BCUT2D eigenvalue weighted by Gasteiger charge is -2.11. The SMILES string of the molecule is O=C(Nc1ccc(C2CCNC2)cc1)c1ccc(C(F)(F)F)cc1.O=C(Nc1ccc(C2CCNC2)cc1)c1ccc(Cl)cc1.O=C(Nc1ccc(C2CCNC2)cc1)c1ccccc1. The number of nitrogens with one attached hydrogen (secondary N) is 6.